The Hall–Kier alpha value is -1.06. The standard InChI is InChI=1S/C14H18ClNO2/c1-10-4-5-11(12(15)8-10)13(17)16-7-3-6-14(2,18)9-16/h4-5,8,18H,3,6-7,9H2,1-2H3. The summed E-state index contributed by atoms with van der Waals surface area (Å²) in [6, 6.07) is 5.42. The third-order valence-corrected chi connectivity index (χ3v) is 3.63. The first kappa shape index (κ1) is 13.4. The van der Waals surface area contributed by atoms with Crippen LogP contribution in [0.5, 0.6) is 0 Å². The van der Waals surface area contributed by atoms with E-state index >= 15 is 0 Å². The number of amides is 1. The molecule has 3 nitrogen and oxygen atoms in total. The van der Waals surface area contributed by atoms with E-state index in [1.54, 1.807) is 24.0 Å². The van der Waals surface area contributed by atoms with Crippen molar-refractivity contribution in [1.29, 1.82) is 0 Å². The zero-order valence-electron chi connectivity index (χ0n) is 10.7. The fourth-order valence-electron chi connectivity index (χ4n) is 2.36. The molecule has 1 aromatic carbocycles. The van der Waals surface area contributed by atoms with Crippen LogP contribution in [0.1, 0.15) is 35.7 Å². The quantitative estimate of drug-likeness (QED) is 0.850. The van der Waals surface area contributed by atoms with Gasteiger partial charge in [-0.2, -0.15) is 0 Å². The molecule has 0 bridgehead atoms. The molecule has 1 aliphatic rings. The highest BCUT2D eigenvalue weighted by molar-refractivity contribution is 6.33. The van der Waals surface area contributed by atoms with E-state index in [0.717, 1.165) is 18.4 Å². The average Bonchev–Trinajstić information content (AvgIpc) is 2.27. The molecule has 0 spiro atoms. The number of hydrogen-bond acceptors (Lipinski definition) is 2. The van der Waals surface area contributed by atoms with Crippen LogP contribution in [-0.4, -0.2) is 34.6 Å². The van der Waals surface area contributed by atoms with Crippen molar-refractivity contribution in [3.05, 3.63) is 34.3 Å². The van der Waals surface area contributed by atoms with Gasteiger partial charge in [-0.15, -0.1) is 0 Å². The zero-order valence-corrected chi connectivity index (χ0v) is 11.5. The number of nitrogens with zero attached hydrogens (tertiary/aromatic N) is 1. The summed E-state index contributed by atoms with van der Waals surface area (Å²) in [6.07, 6.45) is 1.56. The van der Waals surface area contributed by atoms with E-state index in [2.05, 4.69) is 0 Å². The van der Waals surface area contributed by atoms with Gasteiger partial charge in [-0.1, -0.05) is 17.7 Å². The van der Waals surface area contributed by atoms with Crippen LogP contribution in [-0.2, 0) is 0 Å². The smallest absolute Gasteiger partial charge is 0.255 e. The van der Waals surface area contributed by atoms with E-state index in [1.165, 1.54) is 0 Å². The molecule has 1 saturated heterocycles. The van der Waals surface area contributed by atoms with Gasteiger partial charge in [-0.05, 0) is 44.4 Å². The van der Waals surface area contributed by atoms with Crippen molar-refractivity contribution >= 4 is 17.5 Å². The van der Waals surface area contributed by atoms with E-state index in [4.69, 9.17) is 11.6 Å². The molecule has 1 aliphatic heterocycles. The Morgan fingerprint density at radius 2 is 2.22 bits per heavy atom. The summed E-state index contributed by atoms with van der Waals surface area (Å²) >= 11 is 6.10. The minimum Gasteiger partial charge on any atom is -0.388 e. The first-order valence-corrected chi connectivity index (χ1v) is 6.55. The summed E-state index contributed by atoms with van der Waals surface area (Å²) in [5, 5.41) is 10.5. The number of likely N-dealkylation sites (tertiary alicyclic amines) is 1. The molecule has 0 saturated carbocycles. The molecule has 18 heavy (non-hydrogen) atoms. The lowest BCUT2D eigenvalue weighted by Gasteiger charge is -2.37. The summed E-state index contributed by atoms with van der Waals surface area (Å²) in [4.78, 5) is 14.0. The maximum Gasteiger partial charge on any atom is 0.255 e. The van der Waals surface area contributed by atoms with E-state index in [1.807, 2.05) is 13.0 Å². The molecule has 0 aromatic heterocycles. The summed E-state index contributed by atoms with van der Waals surface area (Å²) in [5.74, 6) is -0.0972. The third kappa shape index (κ3) is 2.85. The molecule has 1 fully saturated rings. The normalized spacial score (nSPS) is 24.1. The van der Waals surface area contributed by atoms with E-state index < -0.39 is 5.60 Å². The van der Waals surface area contributed by atoms with Crippen molar-refractivity contribution in [2.45, 2.75) is 32.3 Å². The number of aryl methyl sites for hydroxylation is 1. The Balaban J connectivity index is 2.20. The molecular weight excluding hydrogens is 250 g/mol. The van der Waals surface area contributed by atoms with E-state index in [9.17, 15) is 9.90 Å². The van der Waals surface area contributed by atoms with Crippen molar-refractivity contribution < 1.29 is 9.90 Å². The second kappa shape index (κ2) is 4.90. The number of carbonyl (C=O) groups is 1. The Kier molecular flexibility index (Phi) is 3.64. The first-order chi connectivity index (χ1) is 8.39. The molecule has 1 heterocycles. The fourth-order valence-corrected chi connectivity index (χ4v) is 2.67. The molecule has 1 amide bonds. The topological polar surface area (TPSA) is 40.5 Å². The van der Waals surface area contributed by atoms with Crippen molar-refractivity contribution in [1.82, 2.24) is 4.90 Å². The molecule has 1 N–H and O–H groups in total. The Morgan fingerprint density at radius 1 is 1.50 bits per heavy atom. The molecule has 1 unspecified atom stereocenters. The van der Waals surface area contributed by atoms with Gasteiger partial charge in [-0.25, -0.2) is 0 Å². The van der Waals surface area contributed by atoms with Crippen LogP contribution in [0.15, 0.2) is 18.2 Å². The van der Waals surface area contributed by atoms with Crippen molar-refractivity contribution in [3.8, 4) is 0 Å². The Labute approximate surface area is 112 Å². The minimum atomic E-state index is -0.787. The molecule has 2 rings (SSSR count). The highest BCUT2D eigenvalue weighted by Gasteiger charge is 2.31. The van der Waals surface area contributed by atoms with Gasteiger partial charge < -0.3 is 10.0 Å². The van der Waals surface area contributed by atoms with E-state index in [0.29, 0.717) is 23.7 Å². The molecule has 1 aromatic rings. The molecular formula is C14H18ClNO2. The zero-order chi connectivity index (χ0) is 13.3. The number of benzene rings is 1. The molecule has 0 radical (unpaired) electrons. The summed E-state index contributed by atoms with van der Waals surface area (Å²) in [7, 11) is 0. The maximum atomic E-state index is 12.4. The lowest BCUT2D eigenvalue weighted by molar-refractivity contribution is -0.0107. The second-order valence-corrected chi connectivity index (χ2v) is 5.72. The number of rotatable bonds is 1. The fraction of sp³-hybridized carbons (Fsp3) is 0.500. The van der Waals surface area contributed by atoms with E-state index in [-0.39, 0.29) is 5.91 Å². The van der Waals surface area contributed by atoms with Gasteiger partial charge in [0, 0.05) is 13.1 Å². The summed E-state index contributed by atoms with van der Waals surface area (Å²) in [5.41, 5.74) is 0.757. The number of carbonyl (C=O) groups excluding carboxylic acids is 1. The van der Waals surface area contributed by atoms with Crippen LogP contribution in [0.25, 0.3) is 0 Å². The Morgan fingerprint density at radius 3 is 2.83 bits per heavy atom. The van der Waals surface area contributed by atoms with Crippen LogP contribution in [0.4, 0.5) is 0 Å². The van der Waals surface area contributed by atoms with Crippen LogP contribution in [0.2, 0.25) is 5.02 Å². The average molecular weight is 268 g/mol. The number of aliphatic hydroxyl groups is 1. The van der Waals surface area contributed by atoms with Gasteiger partial charge in [0.05, 0.1) is 16.2 Å². The van der Waals surface area contributed by atoms with Crippen LogP contribution < -0.4 is 0 Å². The van der Waals surface area contributed by atoms with Gasteiger partial charge in [0.25, 0.3) is 5.91 Å². The highest BCUT2D eigenvalue weighted by atomic mass is 35.5. The predicted octanol–water partition coefficient (Wildman–Crippen LogP) is 2.64. The summed E-state index contributed by atoms with van der Waals surface area (Å²) in [6.45, 7) is 4.75. The maximum absolute atomic E-state index is 12.4. The first-order valence-electron chi connectivity index (χ1n) is 6.17. The number of halogens is 1. The largest absolute Gasteiger partial charge is 0.388 e. The highest BCUT2D eigenvalue weighted by Crippen LogP contribution is 2.24. The predicted molar refractivity (Wildman–Crippen MR) is 72.0 cm³/mol. The molecule has 98 valence electrons. The summed E-state index contributed by atoms with van der Waals surface area (Å²) < 4.78 is 0. The van der Waals surface area contributed by atoms with Gasteiger partial charge >= 0.3 is 0 Å². The van der Waals surface area contributed by atoms with Gasteiger partial charge in [0.15, 0.2) is 0 Å². The number of hydrogen-bond donors (Lipinski definition) is 1. The van der Waals surface area contributed by atoms with Crippen LogP contribution >= 0.6 is 11.6 Å². The monoisotopic (exact) mass is 267 g/mol. The molecule has 4 heteroatoms. The van der Waals surface area contributed by atoms with Crippen molar-refractivity contribution in [2.75, 3.05) is 13.1 Å². The lowest BCUT2D eigenvalue weighted by atomic mass is 9.94. The number of piperidine rings is 1. The van der Waals surface area contributed by atoms with Gasteiger partial charge in [0.2, 0.25) is 0 Å². The minimum absolute atomic E-state index is 0.0972. The third-order valence-electron chi connectivity index (χ3n) is 3.32. The van der Waals surface area contributed by atoms with Crippen LogP contribution in [0, 0.1) is 6.92 Å². The van der Waals surface area contributed by atoms with Gasteiger partial charge in [-0.3, -0.25) is 4.79 Å². The Bertz CT molecular complexity index is 471. The lowest BCUT2D eigenvalue weighted by Crippen LogP contribution is -2.48. The number of β-amino-alcohol motifs (C(OH)–C–C–N with tert-alkyl or cyclic N) is 1. The molecule has 1 atom stereocenters. The second-order valence-electron chi connectivity index (χ2n) is 5.31. The van der Waals surface area contributed by atoms with Crippen molar-refractivity contribution in [3.63, 3.8) is 0 Å². The van der Waals surface area contributed by atoms with Crippen molar-refractivity contribution in [2.24, 2.45) is 0 Å². The van der Waals surface area contributed by atoms with Gasteiger partial charge in [0.1, 0.15) is 0 Å². The molecule has 0 aliphatic carbocycles. The SMILES string of the molecule is Cc1ccc(C(=O)N2CCCC(C)(O)C2)c(Cl)c1. The van der Waals surface area contributed by atoms with Crippen LogP contribution in [0.3, 0.4) is 0 Å².